The first-order valence-electron chi connectivity index (χ1n) is 8.32. The molecular formula is C22H20O4. The third kappa shape index (κ3) is 4.63. The van der Waals surface area contributed by atoms with Gasteiger partial charge in [0.05, 0.1) is 12.7 Å². The number of carbonyl (C=O) groups excluding carboxylic acids is 1. The Hall–Kier alpha value is -3.27. The van der Waals surface area contributed by atoms with Gasteiger partial charge in [-0.15, -0.1) is 0 Å². The molecule has 0 amide bonds. The summed E-state index contributed by atoms with van der Waals surface area (Å²) in [5.41, 5.74) is 2.51. The lowest BCUT2D eigenvalue weighted by molar-refractivity contribution is 0.0600. The molecule has 0 aromatic heterocycles. The molecule has 3 aromatic carbocycles. The molecule has 0 saturated carbocycles. The van der Waals surface area contributed by atoms with Crippen molar-refractivity contribution in [3.05, 3.63) is 95.6 Å². The highest BCUT2D eigenvalue weighted by molar-refractivity contribution is 5.90. The lowest BCUT2D eigenvalue weighted by Gasteiger charge is -2.14. The summed E-state index contributed by atoms with van der Waals surface area (Å²) in [5.74, 6) is 0.675. The van der Waals surface area contributed by atoms with Crippen LogP contribution in [0.25, 0.3) is 0 Å². The Kier molecular flexibility index (Phi) is 5.88. The molecule has 0 N–H and O–H groups in total. The summed E-state index contributed by atoms with van der Waals surface area (Å²) < 4.78 is 16.6. The number of hydrogen-bond donors (Lipinski definition) is 0. The van der Waals surface area contributed by atoms with Crippen molar-refractivity contribution >= 4 is 5.97 Å². The second-order valence-electron chi connectivity index (χ2n) is 5.70. The van der Waals surface area contributed by atoms with Crippen molar-refractivity contribution in [2.24, 2.45) is 0 Å². The van der Waals surface area contributed by atoms with E-state index < -0.39 is 5.97 Å². The average Bonchev–Trinajstić information content (AvgIpc) is 2.72. The van der Waals surface area contributed by atoms with Crippen LogP contribution in [0.5, 0.6) is 11.5 Å². The molecule has 0 aliphatic heterocycles. The van der Waals surface area contributed by atoms with Crippen molar-refractivity contribution in [3.8, 4) is 11.5 Å². The van der Waals surface area contributed by atoms with Crippen molar-refractivity contribution in [2.45, 2.75) is 13.2 Å². The molecule has 0 fully saturated rings. The van der Waals surface area contributed by atoms with Gasteiger partial charge < -0.3 is 14.2 Å². The molecule has 26 heavy (non-hydrogen) atoms. The van der Waals surface area contributed by atoms with Crippen LogP contribution in [0, 0.1) is 0 Å². The van der Waals surface area contributed by atoms with Crippen LogP contribution in [0.4, 0.5) is 0 Å². The van der Waals surface area contributed by atoms with E-state index in [-0.39, 0.29) is 0 Å². The van der Waals surface area contributed by atoms with E-state index >= 15 is 0 Å². The number of rotatable bonds is 7. The highest BCUT2D eigenvalue weighted by Crippen LogP contribution is 2.30. The highest BCUT2D eigenvalue weighted by atomic mass is 16.5. The van der Waals surface area contributed by atoms with E-state index in [4.69, 9.17) is 14.2 Å². The third-order valence-electron chi connectivity index (χ3n) is 3.84. The monoisotopic (exact) mass is 348 g/mol. The molecule has 3 aromatic rings. The Morgan fingerprint density at radius 2 is 1.27 bits per heavy atom. The molecule has 0 spiro atoms. The fraction of sp³-hybridized carbons (Fsp3) is 0.136. The Morgan fingerprint density at radius 3 is 1.81 bits per heavy atom. The van der Waals surface area contributed by atoms with Gasteiger partial charge >= 0.3 is 5.97 Å². The molecule has 0 bridgehead atoms. The Balaban J connectivity index is 1.78. The maximum absolute atomic E-state index is 11.8. The predicted octanol–water partition coefficient (Wildman–Crippen LogP) is 4.63. The minimum Gasteiger partial charge on any atom is -0.485 e. The van der Waals surface area contributed by atoms with Gasteiger partial charge in [0.25, 0.3) is 0 Å². The summed E-state index contributed by atoms with van der Waals surface area (Å²) in [6, 6.07) is 24.7. The average molecular weight is 348 g/mol. The number of benzene rings is 3. The largest absolute Gasteiger partial charge is 0.485 e. The highest BCUT2D eigenvalue weighted by Gasteiger charge is 2.12. The summed E-state index contributed by atoms with van der Waals surface area (Å²) in [6.07, 6.45) is 0. The molecular weight excluding hydrogens is 328 g/mol. The number of esters is 1. The number of hydrogen-bond acceptors (Lipinski definition) is 4. The van der Waals surface area contributed by atoms with Crippen molar-refractivity contribution in [1.29, 1.82) is 0 Å². The first-order valence-corrected chi connectivity index (χ1v) is 8.32. The summed E-state index contributed by atoms with van der Waals surface area (Å²) >= 11 is 0. The number of ether oxygens (including phenoxy) is 3. The molecule has 0 heterocycles. The minimum absolute atomic E-state index is 0.382. The van der Waals surface area contributed by atoms with Crippen molar-refractivity contribution in [3.63, 3.8) is 0 Å². The van der Waals surface area contributed by atoms with Gasteiger partial charge in [-0.25, -0.2) is 4.79 Å². The normalized spacial score (nSPS) is 10.2. The fourth-order valence-corrected chi connectivity index (χ4v) is 2.46. The summed E-state index contributed by atoms with van der Waals surface area (Å²) in [7, 11) is 1.35. The van der Waals surface area contributed by atoms with Crippen LogP contribution in [0.3, 0.4) is 0 Å². The van der Waals surface area contributed by atoms with E-state index in [2.05, 4.69) is 0 Å². The van der Waals surface area contributed by atoms with Crippen molar-refractivity contribution in [2.75, 3.05) is 7.11 Å². The first-order chi connectivity index (χ1) is 12.8. The molecule has 4 nitrogen and oxygen atoms in total. The van der Waals surface area contributed by atoms with Gasteiger partial charge in [-0.1, -0.05) is 60.7 Å². The Bertz CT molecular complexity index is 845. The molecule has 4 heteroatoms. The molecule has 0 radical (unpaired) electrons. The van der Waals surface area contributed by atoms with E-state index in [1.54, 1.807) is 18.2 Å². The summed E-state index contributed by atoms with van der Waals surface area (Å²) in [4.78, 5) is 11.8. The molecule has 0 aliphatic carbocycles. The van der Waals surface area contributed by atoms with Crippen LogP contribution >= 0.6 is 0 Å². The van der Waals surface area contributed by atoms with Crippen LogP contribution in [-0.4, -0.2) is 13.1 Å². The molecule has 0 saturated heterocycles. The Labute approximate surface area is 153 Å². The molecule has 0 atom stereocenters. The van der Waals surface area contributed by atoms with Gasteiger partial charge in [0.1, 0.15) is 13.2 Å². The third-order valence-corrected chi connectivity index (χ3v) is 3.84. The van der Waals surface area contributed by atoms with Gasteiger partial charge in [-0.05, 0) is 29.3 Å². The standard InChI is InChI=1S/C22H20O4/c1-24-22(23)19-12-13-20(25-15-17-8-4-2-5-9-17)21(14-19)26-16-18-10-6-3-7-11-18/h2-14H,15-16H2,1H3. The van der Waals surface area contributed by atoms with E-state index in [0.29, 0.717) is 30.3 Å². The van der Waals surface area contributed by atoms with Crippen LogP contribution in [0.2, 0.25) is 0 Å². The SMILES string of the molecule is COC(=O)c1ccc(OCc2ccccc2)c(OCc2ccccc2)c1. The second kappa shape index (κ2) is 8.72. The molecule has 132 valence electrons. The van der Waals surface area contributed by atoms with Gasteiger partial charge in [0, 0.05) is 0 Å². The van der Waals surface area contributed by atoms with E-state index in [1.807, 2.05) is 60.7 Å². The molecule has 3 rings (SSSR count). The lowest BCUT2D eigenvalue weighted by Crippen LogP contribution is -2.05. The zero-order valence-corrected chi connectivity index (χ0v) is 14.6. The van der Waals surface area contributed by atoms with Gasteiger partial charge in [-0.2, -0.15) is 0 Å². The number of carbonyl (C=O) groups is 1. The van der Waals surface area contributed by atoms with Gasteiger partial charge in [-0.3, -0.25) is 0 Å². The van der Waals surface area contributed by atoms with Gasteiger partial charge in [0.2, 0.25) is 0 Å². The van der Waals surface area contributed by atoms with E-state index in [1.165, 1.54) is 7.11 Å². The smallest absolute Gasteiger partial charge is 0.337 e. The van der Waals surface area contributed by atoms with E-state index in [9.17, 15) is 4.79 Å². The second-order valence-corrected chi connectivity index (χ2v) is 5.70. The van der Waals surface area contributed by atoms with Crippen LogP contribution < -0.4 is 9.47 Å². The minimum atomic E-state index is -0.413. The van der Waals surface area contributed by atoms with E-state index in [0.717, 1.165) is 11.1 Å². The number of methoxy groups -OCH3 is 1. The zero-order chi connectivity index (χ0) is 18.2. The Morgan fingerprint density at radius 1 is 0.731 bits per heavy atom. The maximum Gasteiger partial charge on any atom is 0.337 e. The predicted molar refractivity (Wildman–Crippen MR) is 99.3 cm³/mol. The van der Waals surface area contributed by atoms with Crippen molar-refractivity contribution in [1.82, 2.24) is 0 Å². The topological polar surface area (TPSA) is 44.8 Å². The summed E-state index contributed by atoms with van der Waals surface area (Å²) in [5, 5.41) is 0. The van der Waals surface area contributed by atoms with Crippen LogP contribution in [0.15, 0.2) is 78.9 Å². The van der Waals surface area contributed by atoms with Gasteiger partial charge in [0.15, 0.2) is 11.5 Å². The first kappa shape index (κ1) is 17.5. The molecule has 0 unspecified atom stereocenters. The molecule has 0 aliphatic rings. The summed E-state index contributed by atoms with van der Waals surface area (Å²) in [6.45, 7) is 0.799. The van der Waals surface area contributed by atoms with Crippen LogP contribution in [0.1, 0.15) is 21.5 Å². The fourth-order valence-electron chi connectivity index (χ4n) is 2.46. The van der Waals surface area contributed by atoms with Crippen LogP contribution in [-0.2, 0) is 18.0 Å². The van der Waals surface area contributed by atoms with Crippen molar-refractivity contribution < 1.29 is 19.0 Å². The quantitative estimate of drug-likeness (QED) is 0.584. The maximum atomic E-state index is 11.8. The zero-order valence-electron chi connectivity index (χ0n) is 14.6. The lowest BCUT2D eigenvalue weighted by atomic mass is 10.2.